The van der Waals surface area contributed by atoms with Gasteiger partial charge in [0.05, 0.1) is 5.69 Å². The molecule has 1 aliphatic carbocycles. The fourth-order valence-corrected chi connectivity index (χ4v) is 4.87. The summed E-state index contributed by atoms with van der Waals surface area (Å²) >= 11 is 0. The van der Waals surface area contributed by atoms with Crippen molar-refractivity contribution >= 4 is 5.69 Å². The van der Waals surface area contributed by atoms with Gasteiger partial charge >= 0.3 is 0 Å². The maximum atomic E-state index is 14.2. The molecule has 0 bridgehead atoms. The molecule has 5 rings (SSSR count). The Labute approximate surface area is 170 Å². The molecule has 0 amide bonds. The lowest BCUT2D eigenvalue weighted by molar-refractivity contribution is 0.222. The van der Waals surface area contributed by atoms with Gasteiger partial charge in [-0.3, -0.25) is 4.90 Å². The average molecular weight is 390 g/mol. The Morgan fingerprint density at radius 2 is 1.31 bits per heavy atom. The lowest BCUT2D eigenvalue weighted by Gasteiger charge is -2.28. The van der Waals surface area contributed by atoms with Gasteiger partial charge in [0.25, 0.3) is 0 Å². The lowest BCUT2D eigenvalue weighted by atomic mass is 10.1. The fourth-order valence-electron chi connectivity index (χ4n) is 4.87. The van der Waals surface area contributed by atoms with E-state index in [1.807, 2.05) is 12.1 Å². The van der Waals surface area contributed by atoms with Crippen LogP contribution in [0.4, 0.5) is 14.5 Å². The van der Waals surface area contributed by atoms with Crippen molar-refractivity contribution in [3.63, 3.8) is 0 Å². The molecule has 2 aliphatic rings. The van der Waals surface area contributed by atoms with Gasteiger partial charge in [-0.05, 0) is 35.1 Å². The third-order valence-corrected chi connectivity index (χ3v) is 6.28. The molecular formula is C25H24F2N2. The molecule has 148 valence electrons. The van der Waals surface area contributed by atoms with Crippen LogP contribution in [-0.2, 0) is 13.1 Å². The molecule has 2 nitrogen and oxygen atoms in total. The van der Waals surface area contributed by atoms with Gasteiger partial charge in [0.15, 0.2) is 0 Å². The predicted molar refractivity (Wildman–Crippen MR) is 111 cm³/mol. The van der Waals surface area contributed by atoms with Crippen molar-refractivity contribution in [3.8, 4) is 0 Å². The third-order valence-electron chi connectivity index (χ3n) is 6.28. The smallest absolute Gasteiger partial charge is 0.149 e. The summed E-state index contributed by atoms with van der Waals surface area (Å²) in [7, 11) is 0. The highest BCUT2D eigenvalue weighted by Gasteiger charge is 2.58. The van der Waals surface area contributed by atoms with Gasteiger partial charge in [0.1, 0.15) is 11.6 Å². The number of benzene rings is 3. The number of fused-ring (bicyclic) bond motifs is 1. The zero-order chi connectivity index (χ0) is 19.8. The van der Waals surface area contributed by atoms with Crippen LogP contribution in [0.2, 0.25) is 0 Å². The molecule has 0 spiro atoms. The monoisotopic (exact) mass is 390 g/mol. The van der Waals surface area contributed by atoms with Crippen LogP contribution in [0.15, 0.2) is 78.9 Å². The lowest BCUT2D eigenvalue weighted by Crippen LogP contribution is -2.34. The molecule has 0 radical (unpaired) electrons. The Balaban J connectivity index is 1.31. The van der Waals surface area contributed by atoms with E-state index in [1.54, 1.807) is 6.07 Å². The standard InChI is InChI=1S/C25H24F2N2/c26-20-11-12-24(23(27)13-20)28-16-21-22(17-28)25(21)29(14-18-7-3-1-4-8-18)15-19-9-5-2-6-10-19/h1-13,21-22,25H,14-17H2. The number of nitrogens with zero attached hydrogens (tertiary/aromatic N) is 2. The first-order chi connectivity index (χ1) is 14.2. The zero-order valence-electron chi connectivity index (χ0n) is 16.2. The van der Waals surface area contributed by atoms with Crippen molar-refractivity contribution in [1.82, 2.24) is 4.90 Å². The summed E-state index contributed by atoms with van der Waals surface area (Å²) in [6, 6.07) is 25.5. The van der Waals surface area contributed by atoms with Crippen molar-refractivity contribution < 1.29 is 8.78 Å². The first kappa shape index (κ1) is 18.3. The van der Waals surface area contributed by atoms with Crippen molar-refractivity contribution in [2.45, 2.75) is 19.1 Å². The molecule has 2 unspecified atom stereocenters. The largest absolute Gasteiger partial charge is 0.368 e. The Hall–Kier alpha value is -2.72. The van der Waals surface area contributed by atoms with Crippen molar-refractivity contribution in [1.29, 1.82) is 0 Å². The summed E-state index contributed by atoms with van der Waals surface area (Å²) in [5.41, 5.74) is 3.15. The van der Waals surface area contributed by atoms with E-state index < -0.39 is 11.6 Å². The van der Waals surface area contributed by atoms with Crippen LogP contribution in [0.1, 0.15) is 11.1 Å². The summed E-state index contributed by atoms with van der Waals surface area (Å²) in [6.45, 7) is 3.49. The van der Waals surface area contributed by atoms with E-state index in [9.17, 15) is 8.78 Å². The van der Waals surface area contributed by atoms with E-state index in [2.05, 4.69) is 58.3 Å². The fraction of sp³-hybridized carbons (Fsp3) is 0.280. The van der Waals surface area contributed by atoms with Crippen LogP contribution in [0.3, 0.4) is 0 Å². The Morgan fingerprint density at radius 3 is 1.83 bits per heavy atom. The zero-order valence-corrected chi connectivity index (χ0v) is 16.2. The minimum absolute atomic E-state index is 0.465. The second-order valence-corrected chi connectivity index (χ2v) is 8.20. The maximum Gasteiger partial charge on any atom is 0.149 e. The van der Waals surface area contributed by atoms with Crippen LogP contribution in [0.25, 0.3) is 0 Å². The van der Waals surface area contributed by atoms with Gasteiger partial charge < -0.3 is 4.90 Å². The minimum atomic E-state index is -0.523. The number of halogens is 2. The van der Waals surface area contributed by atoms with Crippen LogP contribution >= 0.6 is 0 Å². The maximum absolute atomic E-state index is 14.2. The van der Waals surface area contributed by atoms with Gasteiger partial charge in [-0.15, -0.1) is 0 Å². The van der Waals surface area contributed by atoms with E-state index in [-0.39, 0.29) is 0 Å². The van der Waals surface area contributed by atoms with Crippen molar-refractivity contribution in [2.24, 2.45) is 11.8 Å². The molecular weight excluding hydrogens is 366 g/mol. The van der Waals surface area contributed by atoms with Gasteiger partial charge in [-0.25, -0.2) is 8.78 Å². The molecule has 0 N–H and O–H groups in total. The second kappa shape index (κ2) is 7.60. The first-order valence-corrected chi connectivity index (χ1v) is 10.2. The number of anilines is 1. The molecule has 29 heavy (non-hydrogen) atoms. The second-order valence-electron chi connectivity index (χ2n) is 8.20. The van der Waals surface area contributed by atoms with Gasteiger partial charge in [-0.1, -0.05) is 60.7 Å². The molecule has 0 aromatic heterocycles. The topological polar surface area (TPSA) is 6.48 Å². The van der Waals surface area contributed by atoms with Crippen LogP contribution < -0.4 is 4.90 Å². The molecule has 1 heterocycles. The average Bonchev–Trinajstić information content (AvgIpc) is 3.22. The predicted octanol–water partition coefficient (Wildman–Crippen LogP) is 5.10. The number of hydrogen-bond donors (Lipinski definition) is 0. The van der Waals surface area contributed by atoms with Gasteiger partial charge in [0.2, 0.25) is 0 Å². The highest BCUT2D eigenvalue weighted by atomic mass is 19.1. The van der Waals surface area contributed by atoms with E-state index >= 15 is 0 Å². The Kier molecular flexibility index (Phi) is 4.80. The highest BCUT2D eigenvalue weighted by Crippen LogP contribution is 2.51. The van der Waals surface area contributed by atoms with Gasteiger partial charge in [0, 0.05) is 38.3 Å². The quantitative estimate of drug-likeness (QED) is 0.578. The van der Waals surface area contributed by atoms with Crippen LogP contribution in [0.5, 0.6) is 0 Å². The minimum Gasteiger partial charge on any atom is -0.368 e. The Bertz CT molecular complexity index is 923. The summed E-state index contributed by atoms with van der Waals surface area (Å²) in [5.74, 6) is 0.0809. The van der Waals surface area contributed by atoms with E-state index in [0.29, 0.717) is 23.6 Å². The number of piperidine rings is 1. The first-order valence-electron chi connectivity index (χ1n) is 10.2. The SMILES string of the molecule is Fc1ccc(N2CC3C(C2)C3N(Cc2ccccc2)Cc2ccccc2)c(F)c1. The molecule has 3 aromatic rings. The molecule has 1 saturated carbocycles. The van der Waals surface area contributed by atoms with Crippen LogP contribution in [0, 0.1) is 23.5 Å². The van der Waals surface area contributed by atoms with E-state index in [4.69, 9.17) is 0 Å². The molecule has 1 aliphatic heterocycles. The van der Waals surface area contributed by atoms with E-state index in [0.717, 1.165) is 32.2 Å². The summed E-state index contributed by atoms with van der Waals surface area (Å²) < 4.78 is 27.4. The summed E-state index contributed by atoms with van der Waals surface area (Å²) in [4.78, 5) is 4.64. The normalized spacial score (nSPS) is 22.7. The van der Waals surface area contributed by atoms with Gasteiger partial charge in [-0.2, -0.15) is 0 Å². The molecule has 4 heteroatoms. The molecule has 2 atom stereocenters. The molecule has 1 saturated heterocycles. The highest BCUT2D eigenvalue weighted by molar-refractivity contribution is 5.50. The number of hydrogen-bond acceptors (Lipinski definition) is 2. The summed E-state index contributed by atoms with van der Waals surface area (Å²) in [6.07, 6.45) is 0. The third kappa shape index (κ3) is 3.77. The number of rotatable bonds is 6. The van der Waals surface area contributed by atoms with Crippen LogP contribution in [-0.4, -0.2) is 24.0 Å². The molecule has 3 aromatic carbocycles. The summed E-state index contributed by atoms with van der Waals surface area (Å²) in [5, 5.41) is 0. The Morgan fingerprint density at radius 1 is 0.759 bits per heavy atom. The molecule has 2 fully saturated rings. The van der Waals surface area contributed by atoms with Crippen molar-refractivity contribution in [3.05, 3.63) is 102 Å². The van der Waals surface area contributed by atoms with E-state index in [1.165, 1.54) is 17.2 Å². The van der Waals surface area contributed by atoms with Crippen molar-refractivity contribution in [2.75, 3.05) is 18.0 Å².